The third kappa shape index (κ3) is 1.74. The first-order valence-corrected chi connectivity index (χ1v) is 7.28. The highest BCUT2D eigenvalue weighted by Gasteiger charge is 2.17. The Hall–Kier alpha value is -2.15. The predicted octanol–water partition coefficient (Wildman–Crippen LogP) is 2.53. The summed E-state index contributed by atoms with van der Waals surface area (Å²) in [5.41, 5.74) is 1.01. The first kappa shape index (κ1) is 11.7. The second kappa shape index (κ2) is 4.45. The van der Waals surface area contributed by atoms with Crippen LogP contribution >= 0.6 is 11.3 Å². The lowest BCUT2D eigenvalue weighted by molar-refractivity contribution is 0.174. The average molecular weight is 288 g/mol. The van der Waals surface area contributed by atoms with Crippen molar-refractivity contribution in [2.75, 3.05) is 6.79 Å². The highest BCUT2D eigenvalue weighted by molar-refractivity contribution is 7.19. The maximum atomic E-state index is 5.40. The third-order valence-electron chi connectivity index (χ3n) is 3.15. The van der Waals surface area contributed by atoms with Crippen molar-refractivity contribution in [3.63, 3.8) is 0 Å². The number of rotatable bonds is 3. The second-order valence-corrected chi connectivity index (χ2v) is 5.49. The standard InChI is InChI=1S/C13H12N4O2S/c1-2-3-11-14-15-13-17(11)16-12(20-13)8-4-5-9-10(6-8)19-7-18-9/h4-6H,2-3,7H2,1H3. The van der Waals surface area contributed by atoms with E-state index in [-0.39, 0.29) is 6.79 Å². The lowest BCUT2D eigenvalue weighted by atomic mass is 10.2. The minimum atomic E-state index is 0.282. The van der Waals surface area contributed by atoms with Gasteiger partial charge in [0, 0.05) is 12.0 Å². The molecule has 0 bridgehead atoms. The Labute approximate surface area is 119 Å². The van der Waals surface area contributed by atoms with Crippen molar-refractivity contribution >= 4 is 16.3 Å². The van der Waals surface area contributed by atoms with Crippen LogP contribution in [0, 0.1) is 0 Å². The Morgan fingerprint density at radius 2 is 2.15 bits per heavy atom. The van der Waals surface area contributed by atoms with Gasteiger partial charge in [-0.2, -0.15) is 9.61 Å². The van der Waals surface area contributed by atoms with E-state index in [4.69, 9.17) is 9.47 Å². The van der Waals surface area contributed by atoms with Gasteiger partial charge in [-0.15, -0.1) is 10.2 Å². The highest BCUT2D eigenvalue weighted by Crippen LogP contribution is 2.36. The molecular weight excluding hydrogens is 276 g/mol. The first-order chi connectivity index (χ1) is 9.85. The van der Waals surface area contributed by atoms with Gasteiger partial charge >= 0.3 is 0 Å². The molecule has 0 atom stereocenters. The molecule has 6 nitrogen and oxygen atoms in total. The van der Waals surface area contributed by atoms with Gasteiger partial charge in [-0.1, -0.05) is 18.3 Å². The van der Waals surface area contributed by atoms with Crippen LogP contribution in [0.2, 0.25) is 0 Å². The van der Waals surface area contributed by atoms with E-state index in [9.17, 15) is 0 Å². The average Bonchev–Trinajstić information content (AvgIpc) is 3.14. The number of hydrogen-bond donors (Lipinski definition) is 0. The zero-order chi connectivity index (χ0) is 13.5. The summed E-state index contributed by atoms with van der Waals surface area (Å²) >= 11 is 1.52. The van der Waals surface area contributed by atoms with E-state index < -0.39 is 0 Å². The molecule has 2 aromatic heterocycles. The fourth-order valence-corrected chi connectivity index (χ4v) is 3.04. The van der Waals surface area contributed by atoms with Crippen molar-refractivity contribution < 1.29 is 9.47 Å². The second-order valence-electron chi connectivity index (χ2n) is 4.54. The Balaban J connectivity index is 1.78. The Morgan fingerprint density at radius 1 is 1.25 bits per heavy atom. The summed E-state index contributed by atoms with van der Waals surface area (Å²) in [5, 5.41) is 13.8. The maximum absolute atomic E-state index is 5.40. The molecule has 1 aromatic carbocycles. The van der Waals surface area contributed by atoms with Crippen LogP contribution in [0.15, 0.2) is 18.2 Å². The summed E-state index contributed by atoms with van der Waals surface area (Å²) in [5.74, 6) is 2.46. The van der Waals surface area contributed by atoms with Crippen molar-refractivity contribution in [1.82, 2.24) is 19.8 Å². The Kier molecular flexibility index (Phi) is 2.59. The van der Waals surface area contributed by atoms with E-state index in [0.717, 1.165) is 45.7 Å². The van der Waals surface area contributed by atoms with Gasteiger partial charge in [-0.05, 0) is 24.6 Å². The molecule has 7 heteroatoms. The van der Waals surface area contributed by atoms with Gasteiger partial charge in [0.15, 0.2) is 17.3 Å². The monoisotopic (exact) mass is 288 g/mol. The topological polar surface area (TPSA) is 61.5 Å². The Morgan fingerprint density at radius 3 is 3.05 bits per heavy atom. The lowest BCUT2D eigenvalue weighted by Gasteiger charge is -1.98. The molecule has 0 fully saturated rings. The van der Waals surface area contributed by atoms with E-state index in [1.54, 1.807) is 0 Å². The van der Waals surface area contributed by atoms with Crippen LogP contribution in [0.25, 0.3) is 15.5 Å². The molecule has 1 aliphatic rings. The molecule has 3 aromatic rings. The van der Waals surface area contributed by atoms with Crippen LogP contribution < -0.4 is 9.47 Å². The zero-order valence-electron chi connectivity index (χ0n) is 10.9. The molecule has 4 rings (SSSR count). The van der Waals surface area contributed by atoms with E-state index in [0.29, 0.717) is 0 Å². The van der Waals surface area contributed by atoms with Gasteiger partial charge in [0.1, 0.15) is 5.01 Å². The molecule has 102 valence electrons. The molecule has 0 amide bonds. The van der Waals surface area contributed by atoms with Crippen LogP contribution in [0.3, 0.4) is 0 Å². The van der Waals surface area contributed by atoms with E-state index in [2.05, 4.69) is 22.2 Å². The summed E-state index contributed by atoms with van der Waals surface area (Å²) in [6.45, 7) is 2.40. The minimum Gasteiger partial charge on any atom is -0.454 e. The van der Waals surface area contributed by atoms with Crippen molar-refractivity contribution in [2.45, 2.75) is 19.8 Å². The largest absolute Gasteiger partial charge is 0.454 e. The fourth-order valence-electron chi connectivity index (χ4n) is 2.18. The van der Waals surface area contributed by atoms with E-state index in [1.807, 2.05) is 22.7 Å². The smallest absolute Gasteiger partial charge is 0.234 e. The molecule has 0 spiro atoms. The number of ether oxygens (including phenoxy) is 2. The van der Waals surface area contributed by atoms with E-state index >= 15 is 0 Å². The van der Waals surface area contributed by atoms with Crippen LogP contribution in [0.1, 0.15) is 19.2 Å². The van der Waals surface area contributed by atoms with Crippen molar-refractivity contribution in [2.24, 2.45) is 0 Å². The van der Waals surface area contributed by atoms with Crippen molar-refractivity contribution in [1.29, 1.82) is 0 Å². The van der Waals surface area contributed by atoms with Crippen molar-refractivity contribution in [3.05, 3.63) is 24.0 Å². The van der Waals surface area contributed by atoms with Crippen LogP contribution in [-0.4, -0.2) is 26.6 Å². The van der Waals surface area contributed by atoms with Crippen LogP contribution in [-0.2, 0) is 6.42 Å². The number of fused-ring (bicyclic) bond motifs is 2. The molecule has 1 aliphatic heterocycles. The molecule has 0 aliphatic carbocycles. The third-order valence-corrected chi connectivity index (χ3v) is 4.10. The van der Waals surface area contributed by atoms with Gasteiger partial charge in [0.2, 0.25) is 11.8 Å². The summed E-state index contributed by atoms with van der Waals surface area (Å²) in [6.07, 6.45) is 1.91. The summed E-state index contributed by atoms with van der Waals surface area (Å²) in [7, 11) is 0. The van der Waals surface area contributed by atoms with E-state index in [1.165, 1.54) is 11.3 Å². The van der Waals surface area contributed by atoms with Crippen LogP contribution in [0.5, 0.6) is 11.5 Å². The molecule has 0 radical (unpaired) electrons. The number of aryl methyl sites for hydroxylation is 1. The molecule has 0 N–H and O–H groups in total. The quantitative estimate of drug-likeness (QED) is 0.741. The molecule has 0 saturated heterocycles. The molecule has 3 heterocycles. The number of nitrogens with zero attached hydrogens (tertiary/aromatic N) is 4. The zero-order valence-corrected chi connectivity index (χ0v) is 11.7. The van der Waals surface area contributed by atoms with Gasteiger partial charge in [-0.3, -0.25) is 0 Å². The number of hydrogen-bond acceptors (Lipinski definition) is 6. The molecule has 0 saturated carbocycles. The van der Waals surface area contributed by atoms with Gasteiger partial charge in [-0.25, -0.2) is 0 Å². The number of benzene rings is 1. The summed E-state index contributed by atoms with van der Waals surface area (Å²) in [4.78, 5) is 0.820. The molecule has 20 heavy (non-hydrogen) atoms. The maximum Gasteiger partial charge on any atom is 0.234 e. The van der Waals surface area contributed by atoms with Crippen LogP contribution in [0.4, 0.5) is 0 Å². The normalized spacial score (nSPS) is 13.2. The Bertz CT molecular complexity index is 780. The lowest BCUT2D eigenvalue weighted by Crippen LogP contribution is -1.95. The van der Waals surface area contributed by atoms with Gasteiger partial charge < -0.3 is 9.47 Å². The SMILES string of the molecule is CCCc1nnc2sc(-c3ccc4c(c3)OCO4)nn12. The minimum absolute atomic E-state index is 0.282. The highest BCUT2D eigenvalue weighted by atomic mass is 32.1. The van der Waals surface area contributed by atoms with Gasteiger partial charge in [0.05, 0.1) is 0 Å². The van der Waals surface area contributed by atoms with Crippen molar-refractivity contribution in [3.8, 4) is 22.1 Å². The molecule has 0 unspecified atom stereocenters. The first-order valence-electron chi connectivity index (χ1n) is 6.46. The summed E-state index contributed by atoms with van der Waals surface area (Å²) in [6, 6.07) is 5.85. The predicted molar refractivity (Wildman–Crippen MR) is 74.2 cm³/mol. The number of aromatic nitrogens is 4. The summed E-state index contributed by atoms with van der Waals surface area (Å²) < 4.78 is 12.5. The molecular formula is C13H12N4O2S. The van der Waals surface area contributed by atoms with Gasteiger partial charge in [0.25, 0.3) is 0 Å². The fraction of sp³-hybridized carbons (Fsp3) is 0.308.